The van der Waals surface area contributed by atoms with Crippen LogP contribution >= 0.6 is 35.3 Å². The van der Waals surface area contributed by atoms with E-state index in [-0.39, 0.29) is 24.0 Å². The van der Waals surface area contributed by atoms with Crippen molar-refractivity contribution in [3.63, 3.8) is 0 Å². The van der Waals surface area contributed by atoms with Crippen molar-refractivity contribution in [3.05, 3.63) is 39.4 Å². The van der Waals surface area contributed by atoms with Crippen molar-refractivity contribution in [3.8, 4) is 0 Å². The number of hydrogen-bond donors (Lipinski definition) is 2. The van der Waals surface area contributed by atoms with Gasteiger partial charge in [-0.25, -0.2) is 0 Å². The van der Waals surface area contributed by atoms with Crippen molar-refractivity contribution in [2.24, 2.45) is 4.99 Å². The lowest BCUT2D eigenvalue weighted by molar-refractivity contribution is 0.249. The summed E-state index contributed by atoms with van der Waals surface area (Å²) in [4.78, 5) is 8.37. The normalized spacial score (nSPS) is 16.2. The van der Waals surface area contributed by atoms with Gasteiger partial charge in [-0.3, -0.25) is 9.89 Å². The minimum absolute atomic E-state index is 0. The first-order valence-corrected chi connectivity index (χ1v) is 10.2. The monoisotopic (exact) mass is 503 g/mol. The third-order valence-electron chi connectivity index (χ3n) is 4.99. The summed E-state index contributed by atoms with van der Waals surface area (Å²) in [7, 11) is 1.82. The maximum atomic E-state index is 5.23. The second kappa shape index (κ2) is 11.0. The molecule has 0 amide bonds. The molecule has 0 aliphatic carbocycles. The van der Waals surface area contributed by atoms with Crippen molar-refractivity contribution >= 4 is 41.3 Å². The molecule has 8 heteroatoms. The van der Waals surface area contributed by atoms with Gasteiger partial charge in [0.1, 0.15) is 5.76 Å². The van der Waals surface area contributed by atoms with Crippen LogP contribution in [-0.4, -0.2) is 49.2 Å². The van der Waals surface area contributed by atoms with Crippen LogP contribution in [0.25, 0.3) is 0 Å². The second-order valence-corrected chi connectivity index (χ2v) is 7.69. The summed E-state index contributed by atoms with van der Waals surface area (Å²) in [5.41, 5.74) is 2.15. The van der Waals surface area contributed by atoms with Gasteiger partial charge in [0.2, 0.25) is 0 Å². The predicted octanol–water partition coefficient (Wildman–Crippen LogP) is 3.52. The zero-order valence-corrected chi connectivity index (χ0v) is 19.5. The van der Waals surface area contributed by atoms with Gasteiger partial charge >= 0.3 is 0 Å². The third-order valence-corrected chi connectivity index (χ3v) is 5.96. The molecule has 3 rings (SSSR count). The number of aliphatic imine (C=N–C) groups is 1. The summed E-state index contributed by atoms with van der Waals surface area (Å²) in [5, 5.41) is 13.1. The molecule has 6 nitrogen and oxygen atoms in total. The molecular formula is C19H30IN5OS. The molecule has 2 aromatic heterocycles. The SMILES string of the molecule is CN=C(NCCc1c(C)noc1C)NCC(c1cccs1)N1CCCC1.I. The van der Waals surface area contributed by atoms with Crippen LogP contribution in [-0.2, 0) is 6.42 Å². The maximum absolute atomic E-state index is 5.23. The van der Waals surface area contributed by atoms with E-state index in [2.05, 4.69) is 43.2 Å². The van der Waals surface area contributed by atoms with Crippen LogP contribution < -0.4 is 10.6 Å². The molecule has 2 N–H and O–H groups in total. The largest absolute Gasteiger partial charge is 0.361 e. The van der Waals surface area contributed by atoms with Gasteiger partial charge in [-0.2, -0.15) is 0 Å². The summed E-state index contributed by atoms with van der Waals surface area (Å²) >= 11 is 1.84. The fourth-order valence-corrected chi connectivity index (χ4v) is 4.38. The first-order valence-electron chi connectivity index (χ1n) is 9.32. The molecule has 1 aliphatic rings. The zero-order chi connectivity index (χ0) is 18.4. The van der Waals surface area contributed by atoms with Crippen molar-refractivity contribution in [2.75, 3.05) is 33.2 Å². The Labute approximate surface area is 182 Å². The Kier molecular flexibility index (Phi) is 9.04. The molecule has 1 saturated heterocycles. The van der Waals surface area contributed by atoms with E-state index in [1.165, 1.54) is 36.4 Å². The minimum Gasteiger partial charge on any atom is -0.361 e. The number of nitrogens with one attached hydrogen (secondary N) is 2. The highest BCUT2D eigenvalue weighted by molar-refractivity contribution is 14.0. The van der Waals surface area contributed by atoms with Crippen LogP contribution in [0.5, 0.6) is 0 Å². The lowest BCUT2D eigenvalue weighted by atomic mass is 10.1. The fraction of sp³-hybridized carbons (Fsp3) is 0.579. The van der Waals surface area contributed by atoms with E-state index in [4.69, 9.17) is 4.52 Å². The Hall–Kier alpha value is -1.13. The molecule has 2 aromatic rings. The van der Waals surface area contributed by atoms with Crippen molar-refractivity contribution in [1.82, 2.24) is 20.7 Å². The molecule has 1 atom stereocenters. The van der Waals surface area contributed by atoms with E-state index in [1.54, 1.807) is 0 Å². The third kappa shape index (κ3) is 5.92. The van der Waals surface area contributed by atoms with Gasteiger partial charge in [0, 0.05) is 30.6 Å². The smallest absolute Gasteiger partial charge is 0.191 e. The minimum atomic E-state index is 0. The number of hydrogen-bond acceptors (Lipinski definition) is 5. The number of halogens is 1. The molecule has 0 aromatic carbocycles. The first kappa shape index (κ1) is 22.2. The molecule has 3 heterocycles. The van der Waals surface area contributed by atoms with Crippen LogP contribution in [0.4, 0.5) is 0 Å². The van der Waals surface area contributed by atoms with Crippen molar-refractivity contribution < 1.29 is 4.52 Å². The lowest BCUT2D eigenvalue weighted by Gasteiger charge is -2.27. The van der Waals surface area contributed by atoms with E-state index >= 15 is 0 Å². The molecular weight excluding hydrogens is 473 g/mol. The first-order chi connectivity index (χ1) is 12.7. The molecule has 0 spiro atoms. The average Bonchev–Trinajstić information content (AvgIpc) is 3.39. The molecule has 27 heavy (non-hydrogen) atoms. The molecule has 0 radical (unpaired) electrons. The van der Waals surface area contributed by atoms with Crippen LogP contribution in [0.1, 0.15) is 40.8 Å². The Morgan fingerprint density at radius 1 is 1.33 bits per heavy atom. The molecule has 0 bridgehead atoms. The highest BCUT2D eigenvalue weighted by Crippen LogP contribution is 2.27. The van der Waals surface area contributed by atoms with Gasteiger partial charge in [-0.05, 0) is 57.6 Å². The van der Waals surface area contributed by atoms with Crippen molar-refractivity contribution in [1.29, 1.82) is 0 Å². The van der Waals surface area contributed by atoms with Crippen LogP contribution in [0.3, 0.4) is 0 Å². The Bertz CT molecular complexity index is 690. The summed E-state index contributed by atoms with van der Waals surface area (Å²) in [6.45, 7) is 7.98. The van der Waals surface area contributed by atoms with E-state index < -0.39 is 0 Å². The van der Waals surface area contributed by atoms with Crippen LogP contribution in [0.15, 0.2) is 27.0 Å². The summed E-state index contributed by atoms with van der Waals surface area (Å²) < 4.78 is 5.23. The lowest BCUT2D eigenvalue weighted by Crippen LogP contribution is -2.43. The van der Waals surface area contributed by atoms with Gasteiger partial charge < -0.3 is 15.2 Å². The molecule has 1 unspecified atom stereocenters. The maximum Gasteiger partial charge on any atom is 0.191 e. The highest BCUT2D eigenvalue weighted by Gasteiger charge is 2.24. The summed E-state index contributed by atoms with van der Waals surface area (Å²) in [6, 6.07) is 4.79. The van der Waals surface area contributed by atoms with E-state index in [1.807, 2.05) is 32.2 Å². The number of aromatic nitrogens is 1. The Morgan fingerprint density at radius 2 is 2.11 bits per heavy atom. The summed E-state index contributed by atoms with van der Waals surface area (Å²) in [6.07, 6.45) is 3.47. The number of thiophene rings is 1. The van der Waals surface area contributed by atoms with Gasteiger partial charge in [-0.1, -0.05) is 11.2 Å². The van der Waals surface area contributed by atoms with E-state index in [0.29, 0.717) is 6.04 Å². The fourth-order valence-electron chi connectivity index (χ4n) is 3.52. The molecule has 150 valence electrons. The van der Waals surface area contributed by atoms with E-state index in [9.17, 15) is 0 Å². The van der Waals surface area contributed by atoms with E-state index in [0.717, 1.165) is 36.9 Å². The average molecular weight is 503 g/mol. The van der Waals surface area contributed by atoms with Gasteiger partial charge in [-0.15, -0.1) is 35.3 Å². The number of aryl methyl sites for hydroxylation is 2. The van der Waals surface area contributed by atoms with Gasteiger partial charge in [0.05, 0.1) is 11.7 Å². The molecule has 1 aliphatic heterocycles. The topological polar surface area (TPSA) is 65.7 Å². The summed E-state index contributed by atoms with van der Waals surface area (Å²) in [5.74, 6) is 1.75. The quantitative estimate of drug-likeness (QED) is 0.344. The number of rotatable bonds is 7. The van der Waals surface area contributed by atoms with Crippen LogP contribution in [0, 0.1) is 13.8 Å². The van der Waals surface area contributed by atoms with Gasteiger partial charge in [0.25, 0.3) is 0 Å². The molecule has 0 saturated carbocycles. The predicted molar refractivity (Wildman–Crippen MR) is 122 cm³/mol. The number of nitrogens with zero attached hydrogens (tertiary/aromatic N) is 3. The Morgan fingerprint density at radius 3 is 2.70 bits per heavy atom. The van der Waals surface area contributed by atoms with Crippen molar-refractivity contribution in [2.45, 2.75) is 39.2 Å². The zero-order valence-electron chi connectivity index (χ0n) is 16.3. The molecule has 1 fully saturated rings. The highest BCUT2D eigenvalue weighted by atomic mass is 127. The van der Waals surface area contributed by atoms with Crippen LogP contribution in [0.2, 0.25) is 0 Å². The number of guanidine groups is 1. The Balaban J connectivity index is 0.00000261. The number of likely N-dealkylation sites (tertiary alicyclic amines) is 1. The van der Waals surface area contributed by atoms with Gasteiger partial charge in [0.15, 0.2) is 5.96 Å². The second-order valence-electron chi connectivity index (χ2n) is 6.71. The standard InChI is InChI=1S/C19H29N5OS.HI/c1-14-16(15(2)25-23-14)8-9-21-19(20-3)22-13-17(18-7-6-12-26-18)24-10-4-5-11-24;/h6-7,12,17H,4-5,8-11,13H2,1-3H3,(H2,20,21,22);1H.